The molecule has 6 rings (SSSR count). The lowest BCUT2D eigenvalue weighted by Crippen LogP contribution is -2.04. The number of anilines is 1. The predicted octanol–water partition coefficient (Wildman–Crippen LogP) is 7.43. The van der Waals surface area contributed by atoms with Gasteiger partial charge in [0.15, 0.2) is 0 Å². The molecule has 0 bridgehead atoms. The Morgan fingerprint density at radius 3 is 2.40 bits per heavy atom. The lowest BCUT2D eigenvalue weighted by Gasteiger charge is -2.16. The van der Waals surface area contributed by atoms with Crippen LogP contribution >= 0.6 is 11.3 Å². The van der Waals surface area contributed by atoms with Crippen LogP contribution in [0.2, 0.25) is 0 Å². The minimum absolute atomic E-state index is 0.678. The third-order valence-corrected chi connectivity index (χ3v) is 7.42. The molecule has 3 aromatic carbocycles. The highest BCUT2D eigenvalue weighted by molar-refractivity contribution is 7.13. The van der Waals surface area contributed by atoms with Gasteiger partial charge in [0, 0.05) is 28.6 Å². The molecule has 1 aliphatic rings. The summed E-state index contributed by atoms with van der Waals surface area (Å²) in [6, 6.07) is 29.6. The van der Waals surface area contributed by atoms with E-state index in [9.17, 15) is 0 Å². The molecule has 5 aromatic rings. The molecule has 1 N–H and O–H groups in total. The molecule has 35 heavy (non-hydrogen) atoms. The quantitative estimate of drug-likeness (QED) is 0.278. The highest BCUT2D eigenvalue weighted by atomic mass is 32.1. The Bertz CT molecular complexity index is 1440. The summed E-state index contributed by atoms with van der Waals surface area (Å²) in [5, 5.41) is 15.5. The Kier molecular flexibility index (Phi) is 6.07. The van der Waals surface area contributed by atoms with Crippen molar-refractivity contribution in [1.82, 2.24) is 15.2 Å². The first-order valence-corrected chi connectivity index (χ1v) is 13.0. The van der Waals surface area contributed by atoms with Gasteiger partial charge in [-0.1, -0.05) is 60.7 Å². The summed E-state index contributed by atoms with van der Waals surface area (Å²) in [6.07, 6.45) is 4.95. The molecular formula is C30H26N4S. The first kappa shape index (κ1) is 21.7. The van der Waals surface area contributed by atoms with Crippen molar-refractivity contribution in [3.63, 3.8) is 0 Å². The van der Waals surface area contributed by atoms with Crippen LogP contribution < -0.4 is 5.32 Å². The monoisotopic (exact) mass is 474 g/mol. The molecule has 0 fully saturated rings. The maximum absolute atomic E-state index is 4.85. The minimum Gasteiger partial charge on any atom is -0.365 e. The molecule has 1 aliphatic carbocycles. The first-order chi connectivity index (χ1) is 17.3. The molecule has 0 aliphatic heterocycles. The third-order valence-electron chi connectivity index (χ3n) is 6.53. The Labute approximate surface area is 209 Å². The second kappa shape index (κ2) is 9.80. The average Bonchev–Trinajstić information content (AvgIpc) is 3.43. The summed E-state index contributed by atoms with van der Waals surface area (Å²) >= 11 is 1.67. The molecule has 0 radical (unpaired) electrons. The molecule has 2 aromatic heterocycles. The fraction of sp³-hybridized carbons (Fsp3) is 0.167. The van der Waals surface area contributed by atoms with E-state index in [1.165, 1.54) is 42.4 Å². The van der Waals surface area contributed by atoms with Crippen molar-refractivity contribution in [2.45, 2.75) is 32.2 Å². The number of hydrogen-bond acceptors (Lipinski definition) is 5. The van der Waals surface area contributed by atoms with E-state index < -0.39 is 0 Å². The number of aromatic nitrogens is 3. The minimum atomic E-state index is 0.678. The van der Waals surface area contributed by atoms with Crippen LogP contribution in [-0.2, 0) is 19.4 Å². The van der Waals surface area contributed by atoms with Gasteiger partial charge in [0.2, 0.25) is 0 Å². The van der Waals surface area contributed by atoms with Gasteiger partial charge in [0.25, 0.3) is 0 Å². The largest absolute Gasteiger partial charge is 0.365 e. The topological polar surface area (TPSA) is 50.7 Å². The van der Waals surface area contributed by atoms with Crippen LogP contribution in [-0.4, -0.2) is 15.2 Å². The molecule has 0 unspecified atom stereocenters. The zero-order valence-corrected chi connectivity index (χ0v) is 20.3. The van der Waals surface area contributed by atoms with Crippen LogP contribution in [0.5, 0.6) is 0 Å². The van der Waals surface area contributed by atoms with Crippen molar-refractivity contribution >= 4 is 17.2 Å². The number of benzene rings is 3. The number of hydrogen-bond donors (Lipinski definition) is 1. The summed E-state index contributed by atoms with van der Waals surface area (Å²) in [7, 11) is 0. The molecule has 0 saturated heterocycles. The van der Waals surface area contributed by atoms with Gasteiger partial charge in [0.05, 0.1) is 11.4 Å². The van der Waals surface area contributed by atoms with Crippen LogP contribution in [0.3, 0.4) is 0 Å². The molecule has 0 amide bonds. The van der Waals surface area contributed by atoms with E-state index in [0.29, 0.717) is 6.54 Å². The van der Waals surface area contributed by atoms with Crippen molar-refractivity contribution < 1.29 is 0 Å². The van der Waals surface area contributed by atoms with E-state index in [-0.39, 0.29) is 0 Å². The van der Waals surface area contributed by atoms with Gasteiger partial charge in [-0.05, 0) is 66.6 Å². The molecular weight excluding hydrogens is 448 g/mol. The van der Waals surface area contributed by atoms with Gasteiger partial charge in [-0.25, -0.2) is 4.98 Å². The van der Waals surface area contributed by atoms with E-state index in [1.807, 2.05) is 24.3 Å². The van der Waals surface area contributed by atoms with Crippen molar-refractivity contribution in [3.8, 4) is 33.1 Å². The van der Waals surface area contributed by atoms with E-state index in [0.717, 1.165) is 38.9 Å². The fourth-order valence-corrected chi connectivity index (χ4v) is 5.45. The first-order valence-electron chi connectivity index (χ1n) is 12.1. The van der Waals surface area contributed by atoms with Gasteiger partial charge < -0.3 is 5.32 Å². The van der Waals surface area contributed by atoms with Crippen molar-refractivity contribution in [3.05, 3.63) is 107 Å². The van der Waals surface area contributed by atoms with Gasteiger partial charge >= 0.3 is 0 Å². The van der Waals surface area contributed by atoms with E-state index >= 15 is 0 Å². The lowest BCUT2D eigenvalue weighted by atomic mass is 9.90. The van der Waals surface area contributed by atoms with Gasteiger partial charge in [-0.15, -0.1) is 21.5 Å². The van der Waals surface area contributed by atoms with Crippen LogP contribution in [0.4, 0.5) is 5.82 Å². The third kappa shape index (κ3) is 4.86. The summed E-state index contributed by atoms with van der Waals surface area (Å²) in [4.78, 5) is 4.85. The van der Waals surface area contributed by atoms with Gasteiger partial charge in [-0.2, -0.15) is 0 Å². The zero-order chi connectivity index (χ0) is 23.5. The van der Waals surface area contributed by atoms with Crippen LogP contribution in [0, 0.1) is 0 Å². The Morgan fingerprint density at radius 2 is 1.54 bits per heavy atom. The Morgan fingerprint density at radius 1 is 0.686 bits per heavy atom. The average molecular weight is 475 g/mol. The summed E-state index contributed by atoms with van der Waals surface area (Å²) in [5.41, 5.74) is 9.49. The molecule has 5 heteroatoms. The maximum atomic E-state index is 4.85. The number of aryl methyl sites for hydroxylation is 2. The molecule has 0 saturated carbocycles. The normalized spacial score (nSPS) is 12.8. The molecule has 0 atom stereocenters. The number of thiazole rings is 1. The van der Waals surface area contributed by atoms with E-state index in [4.69, 9.17) is 4.98 Å². The number of fused-ring (bicyclic) bond motifs is 1. The molecule has 2 heterocycles. The van der Waals surface area contributed by atoms with Crippen molar-refractivity contribution in [2.75, 3.05) is 5.32 Å². The van der Waals surface area contributed by atoms with Crippen LogP contribution in [0.25, 0.3) is 33.1 Å². The van der Waals surface area contributed by atoms with E-state index in [1.54, 1.807) is 11.3 Å². The zero-order valence-electron chi connectivity index (χ0n) is 19.4. The summed E-state index contributed by atoms with van der Waals surface area (Å²) in [6.45, 7) is 0.678. The highest BCUT2D eigenvalue weighted by Crippen LogP contribution is 2.30. The SMILES string of the molecule is c1ccc(-c2csc(-c3cccc(CNc4ccc(-c5ccc6c(c5)CCCC6)nn4)c3)n2)cc1. The van der Waals surface area contributed by atoms with Gasteiger partial charge in [0.1, 0.15) is 10.8 Å². The molecule has 4 nitrogen and oxygen atoms in total. The van der Waals surface area contributed by atoms with E-state index in [2.05, 4.69) is 81.6 Å². The fourth-order valence-electron chi connectivity index (χ4n) is 4.63. The summed E-state index contributed by atoms with van der Waals surface area (Å²) in [5.74, 6) is 0.776. The Balaban J connectivity index is 1.13. The van der Waals surface area contributed by atoms with Crippen molar-refractivity contribution in [1.29, 1.82) is 0 Å². The molecule has 172 valence electrons. The summed E-state index contributed by atoms with van der Waals surface area (Å²) < 4.78 is 0. The number of nitrogens with zero attached hydrogens (tertiary/aromatic N) is 3. The highest BCUT2D eigenvalue weighted by Gasteiger charge is 2.11. The molecule has 0 spiro atoms. The Hall–Kier alpha value is -3.83. The van der Waals surface area contributed by atoms with Crippen molar-refractivity contribution in [2.24, 2.45) is 0 Å². The van der Waals surface area contributed by atoms with Crippen LogP contribution in [0.15, 0.2) is 90.3 Å². The number of nitrogens with one attached hydrogen (secondary N) is 1. The second-order valence-corrected chi connectivity index (χ2v) is 9.81. The second-order valence-electron chi connectivity index (χ2n) is 8.95. The smallest absolute Gasteiger partial charge is 0.148 e. The lowest BCUT2D eigenvalue weighted by molar-refractivity contribution is 0.686. The predicted molar refractivity (Wildman–Crippen MR) is 144 cm³/mol. The van der Waals surface area contributed by atoms with Gasteiger partial charge in [-0.3, -0.25) is 0 Å². The standard InChI is InChI=1S/C30H26N4S/c1-2-9-23(10-3-1)28-20-35-30(32-28)26-12-6-7-21(17-26)19-31-29-16-15-27(33-34-29)25-14-13-22-8-4-5-11-24(22)18-25/h1-3,6-7,9-10,12-18,20H,4-5,8,11,19H2,(H,31,34). The maximum Gasteiger partial charge on any atom is 0.148 e. The van der Waals surface area contributed by atoms with Crippen LogP contribution in [0.1, 0.15) is 29.5 Å². The number of rotatable bonds is 6.